The fraction of sp³-hybridized carbons (Fsp3) is 0.625. The van der Waals surface area contributed by atoms with Crippen LogP contribution in [0.2, 0.25) is 5.02 Å². The van der Waals surface area contributed by atoms with Gasteiger partial charge in [0.15, 0.2) is 0 Å². The molecule has 1 atom stereocenters. The van der Waals surface area contributed by atoms with Gasteiger partial charge >= 0.3 is 0 Å². The van der Waals surface area contributed by atoms with Gasteiger partial charge in [0.05, 0.1) is 0 Å². The molecule has 2 N–H and O–H groups in total. The number of hydrogen-bond acceptors (Lipinski definition) is 3. The Labute approximate surface area is 141 Å². The molecule has 3 nitrogen and oxygen atoms in total. The molecule has 0 saturated heterocycles. The van der Waals surface area contributed by atoms with Gasteiger partial charge in [0.2, 0.25) is 0 Å². The van der Waals surface area contributed by atoms with Gasteiger partial charge < -0.3 is 10.6 Å². The molecule has 0 amide bonds. The van der Waals surface area contributed by atoms with Crippen LogP contribution in [0.4, 0.5) is 0 Å². The first-order valence-corrected chi connectivity index (χ1v) is 8.59. The molecular weight excluding hydrogens is 350 g/mol. The average Bonchev–Trinajstić information content (AvgIpc) is 2.36. The summed E-state index contributed by atoms with van der Waals surface area (Å²) in [5.74, 6) is 0. The fourth-order valence-corrected chi connectivity index (χ4v) is 4.17. The standard InChI is InChI=1S/C16H25BrClN3/c1-20(2)16(7-4-8-16)11-21(3)15(10-19)13-6-5-12(18)9-14(13)17/h5-6,9,15H,4,7-8,10-11,19H2,1-3H3. The number of likely N-dealkylation sites (N-methyl/N-ethyl adjacent to an activating group) is 2. The van der Waals surface area contributed by atoms with Crippen LogP contribution in [0.5, 0.6) is 0 Å². The van der Waals surface area contributed by atoms with Crippen LogP contribution >= 0.6 is 27.5 Å². The van der Waals surface area contributed by atoms with Crippen LogP contribution in [0.15, 0.2) is 22.7 Å². The molecular formula is C16H25BrClN3. The summed E-state index contributed by atoms with van der Waals surface area (Å²) >= 11 is 9.66. The van der Waals surface area contributed by atoms with E-state index in [1.807, 2.05) is 12.1 Å². The minimum atomic E-state index is 0.203. The molecule has 0 aromatic heterocycles. The summed E-state index contributed by atoms with van der Waals surface area (Å²) in [7, 11) is 6.54. The van der Waals surface area contributed by atoms with Crippen molar-refractivity contribution >= 4 is 27.5 Å². The van der Waals surface area contributed by atoms with Crippen LogP contribution in [0.1, 0.15) is 30.9 Å². The highest BCUT2D eigenvalue weighted by molar-refractivity contribution is 9.10. The van der Waals surface area contributed by atoms with Crippen LogP contribution in [0.25, 0.3) is 0 Å². The maximum absolute atomic E-state index is 6.06. The largest absolute Gasteiger partial charge is 0.329 e. The Morgan fingerprint density at radius 2 is 2.00 bits per heavy atom. The van der Waals surface area contributed by atoms with Gasteiger partial charge in [-0.2, -0.15) is 0 Å². The van der Waals surface area contributed by atoms with Crippen molar-refractivity contribution in [2.75, 3.05) is 34.2 Å². The lowest BCUT2D eigenvalue weighted by Crippen LogP contribution is -2.57. The minimum absolute atomic E-state index is 0.203. The molecule has 1 aliphatic carbocycles. The minimum Gasteiger partial charge on any atom is -0.329 e. The Balaban J connectivity index is 2.17. The van der Waals surface area contributed by atoms with E-state index in [4.69, 9.17) is 17.3 Å². The van der Waals surface area contributed by atoms with E-state index in [0.29, 0.717) is 12.1 Å². The monoisotopic (exact) mass is 373 g/mol. The van der Waals surface area contributed by atoms with E-state index in [9.17, 15) is 0 Å². The molecule has 2 rings (SSSR count). The lowest BCUT2D eigenvalue weighted by molar-refractivity contribution is 0.0167. The number of rotatable bonds is 6. The van der Waals surface area contributed by atoms with Crippen molar-refractivity contribution in [3.05, 3.63) is 33.3 Å². The molecule has 0 radical (unpaired) electrons. The summed E-state index contributed by atoms with van der Waals surface area (Å²) < 4.78 is 1.03. The summed E-state index contributed by atoms with van der Waals surface area (Å²) in [6.07, 6.45) is 3.86. The predicted octanol–water partition coefficient (Wildman–Crippen LogP) is 3.52. The Bertz CT molecular complexity index is 488. The molecule has 0 aliphatic heterocycles. The molecule has 1 unspecified atom stereocenters. The zero-order valence-electron chi connectivity index (χ0n) is 13.1. The zero-order chi connectivity index (χ0) is 15.6. The lowest BCUT2D eigenvalue weighted by atomic mass is 9.75. The van der Waals surface area contributed by atoms with Gasteiger partial charge in [-0.1, -0.05) is 33.6 Å². The second kappa shape index (κ2) is 6.97. The zero-order valence-corrected chi connectivity index (χ0v) is 15.4. The van der Waals surface area contributed by atoms with Crippen molar-refractivity contribution in [3.63, 3.8) is 0 Å². The molecule has 1 aliphatic rings. The lowest BCUT2D eigenvalue weighted by Gasteiger charge is -2.50. The maximum atomic E-state index is 6.06. The van der Waals surface area contributed by atoms with Gasteiger partial charge in [0.1, 0.15) is 0 Å². The Morgan fingerprint density at radius 1 is 1.33 bits per heavy atom. The van der Waals surface area contributed by atoms with Gasteiger partial charge in [0, 0.05) is 34.2 Å². The van der Waals surface area contributed by atoms with Gasteiger partial charge in [0.25, 0.3) is 0 Å². The van der Waals surface area contributed by atoms with Crippen molar-refractivity contribution in [1.29, 1.82) is 0 Å². The summed E-state index contributed by atoms with van der Waals surface area (Å²) in [6, 6.07) is 6.15. The molecule has 0 heterocycles. The molecule has 1 fully saturated rings. The quantitative estimate of drug-likeness (QED) is 0.827. The van der Waals surface area contributed by atoms with Crippen molar-refractivity contribution in [3.8, 4) is 0 Å². The van der Waals surface area contributed by atoms with Gasteiger partial charge in [-0.05, 0) is 58.1 Å². The highest BCUT2D eigenvalue weighted by Gasteiger charge is 2.40. The van der Waals surface area contributed by atoms with Crippen molar-refractivity contribution in [1.82, 2.24) is 9.80 Å². The second-order valence-electron chi connectivity index (χ2n) is 6.30. The highest BCUT2D eigenvalue weighted by Crippen LogP contribution is 2.38. The molecule has 118 valence electrons. The molecule has 5 heteroatoms. The number of benzene rings is 1. The molecule has 1 saturated carbocycles. The first kappa shape index (κ1) is 17.2. The molecule has 0 spiro atoms. The van der Waals surface area contributed by atoms with Crippen LogP contribution in [-0.2, 0) is 0 Å². The smallest absolute Gasteiger partial charge is 0.0479 e. The Kier molecular flexibility index (Phi) is 5.71. The SMILES string of the molecule is CN(CC1(N(C)C)CCC1)C(CN)c1ccc(Cl)cc1Br. The number of hydrogen-bond donors (Lipinski definition) is 1. The van der Waals surface area contributed by atoms with E-state index in [2.05, 4.69) is 52.9 Å². The molecule has 0 bridgehead atoms. The van der Waals surface area contributed by atoms with Crippen molar-refractivity contribution in [2.45, 2.75) is 30.8 Å². The molecule has 1 aromatic rings. The van der Waals surface area contributed by atoms with E-state index >= 15 is 0 Å². The first-order chi connectivity index (χ1) is 9.89. The van der Waals surface area contributed by atoms with E-state index in [-0.39, 0.29) is 6.04 Å². The van der Waals surface area contributed by atoms with Crippen LogP contribution in [0.3, 0.4) is 0 Å². The predicted molar refractivity (Wildman–Crippen MR) is 93.8 cm³/mol. The van der Waals surface area contributed by atoms with Crippen LogP contribution in [0, 0.1) is 0 Å². The average molecular weight is 375 g/mol. The summed E-state index contributed by atoms with van der Waals surface area (Å²) in [4.78, 5) is 4.75. The summed E-state index contributed by atoms with van der Waals surface area (Å²) in [6.45, 7) is 1.64. The fourth-order valence-electron chi connectivity index (χ4n) is 3.22. The normalized spacial score (nSPS) is 18.9. The van der Waals surface area contributed by atoms with E-state index in [0.717, 1.165) is 16.0 Å². The van der Waals surface area contributed by atoms with Gasteiger partial charge in [-0.25, -0.2) is 0 Å². The van der Waals surface area contributed by atoms with Crippen molar-refractivity contribution in [2.24, 2.45) is 5.73 Å². The first-order valence-electron chi connectivity index (χ1n) is 7.42. The molecule has 1 aromatic carbocycles. The number of nitrogens with zero attached hydrogens (tertiary/aromatic N) is 2. The number of halogens is 2. The Hall–Kier alpha value is -0.130. The van der Waals surface area contributed by atoms with Crippen LogP contribution in [-0.4, -0.2) is 49.6 Å². The van der Waals surface area contributed by atoms with E-state index in [1.165, 1.54) is 24.8 Å². The topological polar surface area (TPSA) is 32.5 Å². The van der Waals surface area contributed by atoms with E-state index < -0.39 is 0 Å². The van der Waals surface area contributed by atoms with Crippen LogP contribution < -0.4 is 5.73 Å². The molecule has 21 heavy (non-hydrogen) atoms. The second-order valence-corrected chi connectivity index (χ2v) is 7.60. The third-order valence-corrected chi connectivity index (χ3v) is 5.78. The number of nitrogens with two attached hydrogens (primary N) is 1. The Morgan fingerprint density at radius 3 is 2.43 bits per heavy atom. The van der Waals surface area contributed by atoms with Crippen molar-refractivity contribution < 1.29 is 0 Å². The summed E-state index contributed by atoms with van der Waals surface area (Å²) in [5.41, 5.74) is 7.57. The third-order valence-electron chi connectivity index (χ3n) is 4.85. The van der Waals surface area contributed by atoms with Gasteiger partial charge in [-0.3, -0.25) is 4.90 Å². The van der Waals surface area contributed by atoms with E-state index in [1.54, 1.807) is 0 Å². The summed E-state index contributed by atoms with van der Waals surface area (Å²) in [5, 5.41) is 0.743. The van der Waals surface area contributed by atoms with Gasteiger partial charge in [-0.15, -0.1) is 0 Å². The highest BCUT2D eigenvalue weighted by atomic mass is 79.9. The maximum Gasteiger partial charge on any atom is 0.0479 e. The third kappa shape index (κ3) is 3.62.